The van der Waals surface area contributed by atoms with Crippen LogP contribution < -0.4 is 5.32 Å². The molecule has 2 rings (SSSR count). The van der Waals surface area contributed by atoms with Crippen molar-refractivity contribution in [3.8, 4) is 0 Å². The molecule has 124 valence electrons. The first-order valence-corrected chi connectivity index (χ1v) is 12.1. The molecule has 3 nitrogen and oxygen atoms in total. The Hall–Kier alpha value is 0.117. The number of halogens is 2. The van der Waals surface area contributed by atoms with Crippen molar-refractivity contribution >= 4 is 45.9 Å². The van der Waals surface area contributed by atoms with E-state index in [1.165, 1.54) is 0 Å². The molecule has 22 heavy (non-hydrogen) atoms. The molecule has 1 aromatic rings. The molecular weight excluding hydrogens is 426 g/mol. The fraction of sp³-hybridized carbons (Fsp3) is 0.625. The Morgan fingerprint density at radius 1 is 1.14 bits per heavy atom. The summed E-state index contributed by atoms with van der Waals surface area (Å²) in [5.41, 5.74) is 1.07. The van der Waals surface area contributed by atoms with Crippen LogP contribution in [0, 0.1) is 0 Å². The highest BCUT2D eigenvalue weighted by atomic mass is 79.9. The molecule has 0 aromatic heterocycles. The van der Waals surface area contributed by atoms with Gasteiger partial charge in [0, 0.05) is 14.6 Å². The van der Waals surface area contributed by atoms with Crippen molar-refractivity contribution in [1.29, 1.82) is 0 Å². The van der Waals surface area contributed by atoms with E-state index >= 15 is 0 Å². The van der Waals surface area contributed by atoms with Crippen molar-refractivity contribution in [1.82, 2.24) is 0 Å². The van der Waals surface area contributed by atoms with Gasteiger partial charge in [-0.25, -0.2) is 0 Å². The average molecular weight is 451 g/mol. The van der Waals surface area contributed by atoms with Crippen LogP contribution in [0.4, 0.5) is 5.69 Å². The molecule has 6 heteroatoms. The van der Waals surface area contributed by atoms with E-state index in [9.17, 15) is 0 Å². The van der Waals surface area contributed by atoms with Gasteiger partial charge in [-0.05, 0) is 36.3 Å². The lowest BCUT2D eigenvalue weighted by atomic mass is 10.2. The molecule has 0 spiro atoms. The van der Waals surface area contributed by atoms with Gasteiger partial charge in [0.15, 0.2) is 8.32 Å². The lowest BCUT2D eigenvalue weighted by Crippen LogP contribution is -2.48. The third-order valence-corrected chi connectivity index (χ3v) is 9.92. The van der Waals surface area contributed by atoms with E-state index in [0.29, 0.717) is 13.2 Å². The molecule has 0 saturated carbocycles. The largest absolute Gasteiger partial charge is 0.409 e. The highest BCUT2D eigenvalue weighted by molar-refractivity contribution is 9.11. The van der Waals surface area contributed by atoms with E-state index in [1.54, 1.807) is 0 Å². The van der Waals surface area contributed by atoms with E-state index in [-0.39, 0.29) is 17.2 Å². The Balaban J connectivity index is 2.08. The number of anilines is 1. The molecule has 1 heterocycles. The van der Waals surface area contributed by atoms with Crippen LogP contribution in [-0.2, 0) is 9.16 Å². The summed E-state index contributed by atoms with van der Waals surface area (Å²) in [6.07, 6.45) is 0.110. The average Bonchev–Trinajstić information content (AvgIpc) is 2.73. The zero-order valence-electron chi connectivity index (χ0n) is 13.9. The summed E-state index contributed by atoms with van der Waals surface area (Å²) in [6, 6.07) is 6.37. The fourth-order valence-electron chi connectivity index (χ4n) is 2.19. The summed E-state index contributed by atoms with van der Waals surface area (Å²) in [4.78, 5) is 0. The number of nitrogens with one attached hydrogen (secondary N) is 1. The van der Waals surface area contributed by atoms with Crippen molar-refractivity contribution in [3.05, 3.63) is 27.1 Å². The topological polar surface area (TPSA) is 30.5 Å². The highest BCUT2D eigenvalue weighted by Gasteiger charge is 2.42. The summed E-state index contributed by atoms with van der Waals surface area (Å²) < 4.78 is 14.3. The molecule has 1 saturated heterocycles. The van der Waals surface area contributed by atoms with Crippen molar-refractivity contribution in [2.24, 2.45) is 0 Å². The quantitative estimate of drug-likeness (QED) is 0.621. The lowest BCUT2D eigenvalue weighted by Gasteiger charge is -2.39. The van der Waals surface area contributed by atoms with E-state index < -0.39 is 8.32 Å². The summed E-state index contributed by atoms with van der Waals surface area (Å²) in [7, 11) is -1.79. The Morgan fingerprint density at radius 2 is 1.73 bits per heavy atom. The smallest absolute Gasteiger partial charge is 0.192 e. The van der Waals surface area contributed by atoms with Crippen molar-refractivity contribution in [2.45, 2.75) is 51.0 Å². The van der Waals surface area contributed by atoms with Gasteiger partial charge in [-0.2, -0.15) is 0 Å². The predicted octanol–water partition coefficient (Wildman–Crippen LogP) is 5.41. The van der Waals surface area contributed by atoms with Crippen LogP contribution in [0.3, 0.4) is 0 Å². The van der Waals surface area contributed by atoms with Gasteiger partial charge < -0.3 is 14.5 Å². The van der Waals surface area contributed by atoms with Crippen molar-refractivity contribution < 1.29 is 9.16 Å². The van der Waals surface area contributed by atoms with Gasteiger partial charge in [0.1, 0.15) is 0 Å². The lowest BCUT2D eigenvalue weighted by molar-refractivity contribution is 0.131. The Morgan fingerprint density at radius 3 is 2.27 bits per heavy atom. The van der Waals surface area contributed by atoms with Crippen LogP contribution in [0.2, 0.25) is 18.1 Å². The van der Waals surface area contributed by atoms with Gasteiger partial charge >= 0.3 is 0 Å². The van der Waals surface area contributed by atoms with Gasteiger partial charge in [-0.15, -0.1) is 0 Å². The van der Waals surface area contributed by atoms with E-state index in [2.05, 4.69) is 83.2 Å². The highest BCUT2D eigenvalue weighted by Crippen LogP contribution is 2.38. The maximum atomic E-state index is 6.54. The minimum absolute atomic E-state index is 0.110. The molecule has 0 aliphatic carbocycles. The second-order valence-corrected chi connectivity index (χ2v) is 14.0. The van der Waals surface area contributed by atoms with E-state index in [1.807, 2.05) is 6.07 Å². The van der Waals surface area contributed by atoms with Gasteiger partial charge in [0.25, 0.3) is 0 Å². The van der Waals surface area contributed by atoms with Crippen LogP contribution in [0.15, 0.2) is 27.1 Å². The van der Waals surface area contributed by atoms with Crippen molar-refractivity contribution in [2.75, 3.05) is 18.5 Å². The number of hydrogen-bond donors (Lipinski definition) is 1. The minimum Gasteiger partial charge on any atom is -0.409 e. The maximum Gasteiger partial charge on any atom is 0.192 e. The van der Waals surface area contributed by atoms with Crippen LogP contribution in [0.1, 0.15) is 20.8 Å². The van der Waals surface area contributed by atoms with Crippen LogP contribution in [0.25, 0.3) is 0 Å². The third-order valence-electron chi connectivity index (χ3n) is 4.50. The minimum atomic E-state index is -1.79. The first kappa shape index (κ1) is 18.5. The molecule has 1 fully saturated rings. The molecule has 2 atom stereocenters. The van der Waals surface area contributed by atoms with Gasteiger partial charge in [0.05, 0.1) is 25.4 Å². The first-order chi connectivity index (χ1) is 10.1. The molecule has 1 aliphatic rings. The summed E-state index contributed by atoms with van der Waals surface area (Å²) >= 11 is 7.05. The molecule has 1 aliphatic heterocycles. The zero-order chi connectivity index (χ0) is 16.5. The Bertz CT molecular complexity index is 511. The van der Waals surface area contributed by atoms with Crippen LogP contribution in [-0.4, -0.2) is 33.7 Å². The van der Waals surface area contributed by atoms with E-state index in [0.717, 1.165) is 14.6 Å². The third kappa shape index (κ3) is 4.57. The van der Waals surface area contributed by atoms with Gasteiger partial charge in [0.2, 0.25) is 0 Å². The SMILES string of the molecule is CC(C)(C)[Si](C)(C)OC1COCC1Nc1cc(Br)cc(Br)c1. The Kier molecular flexibility index (Phi) is 5.81. The summed E-state index contributed by atoms with van der Waals surface area (Å²) in [5, 5.41) is 3.77. The second kappa shape index (κ2) is 6.93. The molecule has 0 radical (unpaired) electrons. The molecule has 0 amide bonds. The number of hydrogen-bond acceptors (Lipinski definition) is 3. The normalized spacial score (nSPS) is 22.9. The molecule has 1 aromatic carbocycles. The number of benzene rings is 1. The molecule has 1 N–H and O–H groups in total. The molecule has 0 bridgehead atoms. The second-order valence-electron chi connectivity index (χ2n) is 7.36. The predicted molar refractivity (Wildman–Crippen MR) is 102 cm³/mol. The first-order valence-electron chi connectivity index (χ1n) is 7.57. The van der Waals surface area contributed by atoms with Crippen molar-refractivity contribution in [3.63, 3.8) is 0 Å². The van der Waals surface area contributed by atoms with E-state index in [4.69, 9.17) is 9.16 Å². The molecular formula is C16H25Br2NO2Si. The van der Waals surface area contributed by atoms with Crippen LogP contribution in [0.5, 0.6) is 0 Å². The van der Waals surface area contributed by atoms with Crippen LogP contribution >= 0.6 is 31.9 Å². The number of rotatable bonds is 4. The Labute approximate surface area is 151 Å². The number of ether oxygens (including phenoxy) is 1. The monoisotopic (exact) mass is 449 g/mol. The van der Waals surface area contributed by atoms with Gasteiger partial charge in [-0.3, -0.25) is 0 Å². The van der Waals surface area contributed by atoms with Gasteiger partial charge in [-0.1, -0.05) is 52.6 Å². The standard InChI is InChI=1S/C16H25Br2NO2Si/c1-16(2,3)22(4,5)21-15-10-20-9-14(15)19-13-7-11(17)6-12(18)8-13/h6-8,14-15,19H,9-10H2,1-5H3. The summed E-state index contributed by atoms with van der Waals surface area (Å²) in [6.45, 7) is 12.7. The molecule has 2 unspecified atom stereocenters. The maximum absolute atomic E-state index is 6.54. The fourth-order valence-corrected chi connectivity index (χ4v) is 4.83. The summed E-state index contributed by atoms with van der Waals surface area (Å²) in [5.74, 6) is 0. The zero-order valence-corrected chi connectivity index (χ0v) is 18.0.